The molecule has 0 atom stereocenters. The van der Waals surface area contributed by atoms with Crippen LogP contribution < -0.4 is 11.5 Å². The number of rotatable bonds is 2. The van der Waals surface area contributed by atoms with Gasteiger partial charge in [0.1, 0.15) is 5.82 Å². The van der Waals surface area contributed by atoms with Crippen molar-refractivity contribution in [2.24, 2.45) is 5.73 Å². The van der Waals surface area contributed by atoms with Crippen LogP contribution in [0.1, 0.15) is 11.1 Å². The van der Waals surface area contributed by atoms with E-state index >= 15 is 0 Å². The molecule has 0 aliphatic rings. The fraction of sp³-hybridized carbons (Fsp3) is 0.250. The van der Waals surface area contributed by atoms with E-state index < -0.39 is 0 Å². The van der Waals surface area contributed by atoms with E-state index in [2.05, 4.69) is 23.2 Å². The number of pyridine rings is 1. The number of hydrogen-bond acceptors (Lipinski definition) is 3. The summed E-state index contributed by atoms with van der Waals surface area (Å²) in [5.74, 6) is 0.606. The van der Waals surface area contributed by atoms with Gasteiger partial charge in [0.15, 0.2) is 0 Å². The highest BCUT2D eigenvalue weighted by atomic mass is 14.8. The zero-order valence-electron chi connectivity index (χ0n) is 8.83. The van der Waals surface area contributed by atoms with Gasteiger partial charge in [0, 0.05) is 5.39 Å². The van der Waals surface area contributed by atoms with Gasteiger partial charge in [-0.1, -0.05) is 6.07 Å². The fourth-order valence-corrected chi connectivity index (χ4v) is 1.67. The third-order valence-electron chi connectivity index (χ3n) is 2.54. The minimum absolute atomic E-state index is 0.606. The van der Waals surface area contributed by atoms with Crippen LogP contribution in [0.4, 0.5) is 5.82 Å². The molecule has 1 heterocycles. The Labute approximate surface area is 89.1 Å². The Kier molecular flexibility index (Phi) is 2.56. The quantitative estimate of drug-likeness (QED) is 0.776. The maximum atomic E-state index is 5.75. The first-order valence-electron chi connectivity index (χ1n) is 5.06. The second kappa shape index (κ2) is 3.87. The maximum Gasteiger partial charge on any atom is 0.127 e. The summed E-state index contributed by atoms with van der Waals surface area (Å²) in [7, 11) is 0. The molecule has 0 unspecified atom stereocenters. The Balaban J connectivity index is 2.56. The highest BCUT2D eigenvalue weighted by molar-refractivity contribution is 5.82. The number of benzene rings is 1. The minimum atomic E-state index is 0.606. The summed E-state index contributed by atoms with van der Waals surface area (Å²) in [5, 5.41) is 1.13. The Morgan fingerprint density at radius 3 is 2.80 bits per heavy atom. The van der Waals surface area contributed by atoms with E-state index in [1.54, 1.807) is 0 Å². The van der Waals surface area contributed by atoms with Gasteiger partial charge in [0.2, 0.25) is 0 Å². The lowest BCUT2D eigenvalue weighted by molar-refractivity contribution is 0.970. The average molecular weight is 201 g/mol. The van der Waals surface area contributed by atoms with Crippen LogP contribution in [0.2, 0.25) is 0 Å². The molecule has 0 saturated heterocycles. The van der Waals surface area contributed by atoms with Crippen LogP contribution in [0, 0.1) is 6.92 Å². The van der Waals surface area contributed by atoms with E-state index in [0.29, 0.717) is 12.4 Å². The molecule has 1 aromatic heterocycles. The third-order valence-corrected chi connectivity index (χ3v) is 2.54. The molecule has 0 amide bonds. The smallest absolute Gasteiger partial charge is 0.127 e. The van der Waals surface area contributed by atoms with Crippen molar-refractivity contribution < 1.29 is 0 Å². The monoisotopic (exact) mass is 201 g/mol. The van der Waals surface area contributed by atoms with Gasteiger partial charge in [-0.05, 0) is 49.2 Å². The van der Waals surface area contributed by atoms with Crippen molar-refractivity contribution >= 4 is 16.7 Å². The second-order valence-corrected chi connectivity index (χ2v) is 3.76. The summed E-state index contributed by atoms with van der Waals surface area (Å²) in [5.41, 5.74) is 14.5. The Bertz CT molecular complexity index is 491. The molecule has 0 spiro atoms. The lowest BCUT2D eigenvalue weighted by Crippen LogP contribution is -2.02. The highest BCUT2D eigenvalue weighted by Gasteiger charge is 2.01. The first kappa shape index (κ1) is 9.93. The largest absolute Gasteiger partial charge is 0.383 e. The van der Waals surface area contributed by atoms with Gasteiger partial charge >= 0.3 is 0 Å². The minimum Gasteiger partial charge on any atom is -0.383 e. The van der Waals surface area contributed by atoms with Gasteiger partial charge in [0.05, 0.1) is 5.52 Å². The molecule has 0 fully saturated rings. The normalized spacial score (nSPS) is 10.8. The number of aromatic nitrogens is 1. The fourth-order valence-electron chi connectivity index (χ4n) is 1.67. The van der Waals surface area contributed by atoms with Crippen LogP contribution in [0.15, 0.2) is 24.3 Å². The topological polar surface area (TPSA) is 64.9 Å². The zero-order valence-corrected chi connectivity index (χ0v) is 8.83. The zero-order chi connectivity index (χ0) is 10.8. The van der Waals surface area contributed by atoms with Crippen LogP contribution in [0.3, 0.4) is 0 Å². The van der Waals surface area contributed by atoms with E-state index in [4.69, 9.17) is 11.5 Å². The maximum absolute atomic E-state index is 5.75. The first-order valence-corrected chi connectivity index (χ1v) is 5.06. The predicted octanol–water partition coefficient (Wildman–Crippen LogP) is 1.63. The summed E-state index contributed by atoms with van der Waals surface area (Å²) in [6.07, 6.45) is 0.902. The molecule has 3 nitrogen and oxygen atoms in total. The Morgan fingerprint density at radius 1 is 1.27 bits per heavy atom. The second-order valence-electron chi connectivity index (χ2n) is 3.76. The highest BCUT2D eigenvalue weighted by Crippen LogP contribution is 2.19. The average Bonchev–Trinajstić information content (AvgIpc) is 2.21. The van der Waals surface area contributed by atoms with Gasteiger partial charge in [-0.25, -0.2) is 4.98 Å². The number of hydrogen-bond donors (Lipinski definition) is 2. The third kappa shape index (κ3) is 1.92. The van der Waals surface area contributed by atoms with Crippen molar-refractivity contribution in [1.29, 1.82) is 0 Å². The number of nitrogens with two attached hydrogens (primary N) is 2. The van der Waals surface area contributed by atoms with Crippen LogP contribution in [0.5, 0.6) is 0 Å². The molecule has 0 saturated carbocycles. The number of nitrogens with zero attached hydrogens (tertiary/aromatic N) is 1. The molecule has 1 aromatic carbocycles. The van der Waals surface area contributed by atoms with E-state index in [9.17, 15) is 0 Å². The molecule has 2 rings (SSSR count). The van der Waals surface area contributed by atoms with E-state index in [0.717, 1.165) is 22.9 Å². The van der Waals surface area contributed by atoms with Crippen LogP contribution in [-0.2, 0) is 6.42 Å². The van der Waals surface area contributed by atoms with Gasteiger partial charge in [-0.15, -0.1) is 0 Å². The standard InChI is InChI=1S/C12H15N3/c1-8-6-10-7-9(4-5-13)2-3-11(10)15-12(8)14/h2-3,6-7H,4-5,13H2,1H3,(H2,14,15). The molecule has 4 N–H and O–H groups in total. The molecule has 0 bridgehead atoms. The lowest BCUT2D eigenvalue weighted by Gasteiger charge is -2.05. The lowest BCUT2D eigenvalue weighted by atomic mass is 10.1. The SMILES string of the molecule is Cc1cc2cc(CCN)ccc2nc1N. The van der Waals surface area contributed by atoms with Crippen molar-refractivity contribution in [3.8, 4) is 0 Å². The van der Waals surface area contributed by atoms with Crippen molar-refractivity contribution in [1.82, 2.24) is 4.98 Å². The summed E-state index contributed by atoms with van der Waals surface area (Å²) < 4.78 is 0. The van der Waals surface area contributed by atoms with Gasteiger partial charge in [-0.2, -0.15) is 0 Å². The molecule has 3 heteroatoms. The number of aryl methyl sites for hydroxylation is 1. The first-order chi connectivity index (χ1) is 7.20. The number of fused-ring (bicyclic) bond motifs is 1. The van der Waals surface area contributed by atoms with E-state index in [1.807, 2.05) is 13.0 Å². The summed E-state index contributed by atoms with van der Waals surface area (Å²) in [6.45, 7) is 2.64. The van der Waals surface area contributed by atoms with Crippen molar-refractivity contribution in [3.05, 3.63) is 35.4 Å². The molecule has 2 aromatic rings. The number of nitrogen functional groups attached to an aromatic ring is 1. The van der Waals surface area contributed by atoms with Crippen LogP contribution >= 0.6 is 0 Å². The molecular weight excluding hydrogens is 186 g/mol. The van der Waals surface area contributed by atoms with Gasteiger partial charge in [-0.3, -0.25) is 0 Å². The van der Waals surface area contributed by atoms with Crippen molar-refractivity contribution in [3.63, 3.8) is 0 Å². The van der Waals surface area contributed by atoms with Crippen molar-refractivity contribution in [2.45, 2.75) is 13.3 Å². The molecule has 0 aliphatic carbocycles. The van der Waals surface area contributed by atoms with Gasteiger partial charge in [0.25, 0.3) is 0 Å². The molecular formula is C12H15N3. The van der Waals surface area contributed by atoms with Crippen molar-refractivity contribution in [2.75, 3.05) is 12.3 Å². The Hall–Kier alpha value is -1.61. The summed E-state index contributed by atoms with van der Waals surface area (Å²) in [4.78, 5) is 4.32. The van der Waals surface area contributed by atoms with Crippen LogP contribution in [0.25, 0.3) is 10.9 Å². The number of anilines is 1. The van der Waals surface area contributed by atoms with Crippen LogP contribution in [-0.4, -0.2) is 11.5 Å². The predicted molar refractivity (Wildman–Crippen MR) is 63.7 cm³/mol. The Morgan fingerprint density at radius 2 is 2.07 bits per heavy atom. The molecule has 78 valence electrons. The molecule has 0 radical (unpaired) electrons. The van der Waals surface area contributed by atoms with E-state index in [1.165, 1.54) is 5.56 Å². The summed E-state index contributed by atoms with van der Waals surface area (Å²) >= 11 is 0. The molecule has 0 aliphatic heterocycles. The van der Waals surface area contributed by atoms with Gasteiger partial charge < -0.3 is 11.5 Å². The molecule has 15 heavy (non-hydrogen) atoms. The van der Waals surface area contributed by atoms with E-state index in [-0.39, 0.29) is 0 Å². The summed E-state index contributed by atoms with van der Waals surface area (Å²) in [6, 6.07) is 8.24.